The number of carbonyl (C=O) groups is 1. The van der Waals surface area contributed by atoms with Gasteiger partial charge in [-0.25, -0.2) is 0 Å². The van der Waals surface area contributed by atoms with Crippen LogP contribution in [0.1, 0.15) is 12.8 Å². The lowest BCUT2D eigenvalue weighted by Crippen LogP contribution is -2.28. The maximum atomic E-state index is 11.9. The summed E-state index contributed by atoms with van der Waals surface area (Å²) < 4.78 is 6.03. The quantitative estimate of drug-likeness (QED) is 0.906. The Morgan fingerprint density at radius 1 is 1.50 bits per heavy atom. The number of pyridine rings is 1. The van der Waals surface area contributed by atoms with Gasteiger partial charge in [-0.3, -0.25) is 9.78 Å². The first-order valence-corrected chi connectivity index (χ1v) is 6.05. The number of rotatable bonds is 2. The molecule has 1 fully saturated rings. The third-order valence-electron chi connectivity index (χ3n) is 2.62. The van der Waals surface area contributed by atoms with Crippen molar-refractivity contribution < 1.29 is 9.53 Å². The Labute approximate surface area is 103 Å². The molecular formula is C11H13BrN2O2. The second kappa shape index (κ2) is 5.41. The molecule has 4 nitrogen and oxygen atoms in total. The Morgan fingerprint density at radius 2 is 2.25 bits per heavy atom. The first-order chi connectivity index (χ1) is 7.77. The van der Waals surface area contributed by atoms with Crippen LogP contribution in [-0.2, 0) is 9.53 Å². The van der Waals surface area contributed by atoms with Gasteiger partial charge in [0.15, 0.2) is 0 Å². The molecule has 0 saturated carbocycles. The molecule has 1 aliphatic heterocycles. The number of amides is 1. The second-order valence-electron chi connectivity index (χ2n) is 3.73. The lowest BCUT2D eigenvalue weighted by Gasteiger charge is -2.21. The SMILES string of the molecule is O=C(Nc1ccncc1Br)C1CCOCC1. The molecule has 2 heterocycles. The number of nitrogens with one attached hydrogen (secondary N) is 1. The van der Waals surface area contributed by atoms with Crippen LogP contribution in [0.4, 0.5) is 5.69 Å². The van der Waals surface area contributed by atoms with Crippen molar-refractivity contribution >= 4 is 27.5 Å². The minimum Gasteiger partial charge on any atom is -0.381 e. The van der Waals surface area contributed by atoms with E-state index in [1.54, 1.807) is 18.5 Å². The van der Waals surface area contributed by atoms with E-state index in [0.29, 0.717) is 13.2 Å². The molecule has 1 saturated heterocycles. The van der Waals surface area contributed by atoms with Crippen molar-refractivity contribution in [1.29, 1.82) is 0 Å². The largest absolute Gasteiger partial charge is 0.381 e. The zero-order valence-electron chi connectivity index (χ0n) is 8.78. The van der Waals surface area contributed by atoms with Crippen LogP contribution in [0.15, 0.2) is 22.9 Å². The van der Waals surface area contributed by atoms with Crippen molar-refractivity contribution in [2.45, 2.75) is 12.8 Å². The van der Waals surface area contributed by atoms with E-state index in [-0.39, 0.29) is 11.8 Å². The van der Waals surface area contributed by atoms with Crippen molar-refractivity contribution in [2.24, 2.45) is 5.92 Å². The molecule has 5 heteroatoms. The Kier molecular flexibility index (Phi) is 3.90. The number of ether oxygens (including phenoxy) is 1. The van der Waals surface area contributed by atoms with Crippen LogP contribution in [0.25, 0.3) is 0 Å². The minimum atomic E-state index is 0.0637. The standard InChI is InChI=1S/C11H13BrN2O2/c12-9-7-13-4-1-10(9)14-11(15)8-2-5-16-6-3-8/h1,4,7-8H,2-3,5-6H2,(H,13,14,15). The molecule has 0 bridgehead atoms. The van der Waals surface area contributed by atoms with E-state index in [9.17, 15) is 4.79 Å². The van der Waals surface area contributed by atoms with E-state index in [0.717, 1.165) is 23.0 Å². The van der Waals surface area contributed by atoms with Gasteiger partial charge in [0.25, 0.3) is 0 Å². The van der Waals surface area contributed by atoms with Gasteiger partial charge in [0.05, 0.1) is 10.2 Å². The summed E-state index contributed by atoms with van der Waals surface area (Å²) in [7, 11) is 0. The summed E-state index contributed by atoms with van der Waals surface area (Å²) in [6.07, 6.45) is 4.92. The monoisotopic (exact) mass is 284 g/mol. The van der Waals surface area contributed by atoms with Crippen LogP contribution in [0, 0.1) is 5.92 Å². The van der Waals surface area contributed by atoms with Gasteiger partial charge in [-0.15, -0.1) is 0 Å². The van der Waals surface area contributed by atoms with Gasteiger partial charge in [-0.05, 0) is 34.8 Å². The summed E-state index contributed by atoms with van der Waals surface area (Å²) in [6, 6.07) is 1.78. The van der Waals surface area contributed by atoms with Gasteiger partial charge in [0.2, 0.25) is 5.91 Å². The van der Waals surface area contributed by atoms with Gasteiger partial charge < -0.3 is 10.1 Å². The lowest BCUT2D eigenvalue weighted by atomic mass is 9.99. The fourth-order valence-electron chi connectivity index (χ4n) is 1.67. The van der Waals surface area contributed by atoms with Gasteiger partial charge in [-0.2, -0.15) is 0 Å². The van der Waals surface area contributed by atoms with Gasteiger partial charge >= 0.3 is 0 Å². The number of nitrogens with zero attached hydrogens (tertiary/aromatic N) is 1. The highest BCUT2D eigenvalue weighted by Gasteiger charge is 2.21. The van der Waals surface area contributed by atoms with Crippen molar-refractivity contribution in [1.82, 2.24) is 4.98 Å². The van der Waals surface area contributed by atoms with Gasteiger partial charge in [-0.1, -0.05) is 0 Å². The third kappa shape index (κ3) is 2.80. The number of hydrogen-bond donors (Lipinski definition) is 1. The molecule has 1 N–H and O–H groups in total. The summed E-state index contributed by atoms with van der Waals surface area (Å²) in [5, 5.41) is 2.90. The number of hydrogen-bond acceptors (Lipinski definition) is 3. The van der Waals surface area contributed by atoms with Crippen molar-refractivity contribution in [3.05, 3.63) is 22.9 Å². The van der Waals surface area contributed by atoms with Crippen LogP contribution in [0.2, 0.25) is 0 Å². The van der Waals surface area contributed by atoms with Crippen molar-refractivity contribution in [2.75, 3.05) is 18.5 Å². The van der Waals surface area contributed by atoms with Crippen LogP contribution < -0.4 is 5.32 Å². The highest BCUT2D eigenvalue weighted by atomic mass is 79.9. The second-order valence-corrected chi connectivity index (χ2v) is 4.59. The van der Waals surface area contributed by atoms with Crippen molar-refractivity contribution in [3.8, 4) is 0 Å². The number of anilines is 1. The molecule has 0 aliphatic carbocycles. The Morgan fingerprint density at radius 3 is 2.94 bits per heavy atom. The zero-order chi connectivity index (χ0) is 11.4. The van der Waals surface area contributed by atoms with E-state index in [1.165, 1.54) is 0 Å². The molecule has 0 radical (unpaired) electrons. The summed E-state index contributed by atoms with van der Waals surface area (Å²) in [5.74, 6) is 0.129. The number of aromatic nitrogens is 1. The maximum absolute atomic E-state index is 11.9. The number of halogens is 1. The first-order valence-electron chi connectivity index (χ1n) is 5.25. The Bertz CT molecular complexity index is 378. The molecule has 1 aromatic rings. The maximum Gasteiger partial charge on any atom is 0.227 e. The van der Waals surface area contributed by atoms with Crippen LogP contribution in [0.5, 0.6) is 0 Å². The predicted octanol–water partition coefficient (Wildman–Crippen LogP) is 2.21. The lowest BCUT2D eigenvalue weighted by molar-refractivity contribution is -0.122. The van der Waals surface area contributed by atoms with E-state index in [2.05, 4.69) is 26.2 Å². The molecule has 86 valence electrons. The fraction of sp³-hybridized carbons (Fsp3) is 0.455. The number of carbonyl (C=O) groups excluding carboxylic acids is 1. The summed E-state index contributed by atoms with van der Waals surface area (Å²) >= 11 is 3.35. The van der Waals surface area contributed by atoms with Gasteiger partial charge in [0.1, 0.15) is 0 Å². The summed E-state index contributed by atoms with van der Waals surface area (Å²) in [6.45, 7) is 1.35. The van der Waals surface area contributed by atoms with Crippen LogP contribution in [-0.4, -0.2) is 24.1 Å². The normalized spacial score (nSPS) is 17.1. The summed E-state index contributed by atoms with van der Waals surface area (Å²) in [4.78, 5) is 15.9. The van der Waals surface area contributed by atoms with Crippen molar-refractivity contribution in [3.63, 3.8) is 0 Å². The van der Waals surface area contributed by atoms with E-state index < -0.39 is 0 Å². The highest BCUT2D eigenvalue weighted by molar-refractivity contribution is 9.10. The molecule has 0 unspecified atom stereocenters. The molecular weight excluding hydrogens is 272 g/mol. The Balaban J connectivity index is 1.99. The summed E-state index contributed by atoms with van der Waals surface area (Å²) in [5.41, 5.74) is 0.770. The predicted molar refractivity (Wildman–Crippen MR) is 64.1 cm³/mol. The van der Waals surface area contributed by atoms with E-state index >= 15 is 0 Å². The molecule has 1 amide bonds. The highest BCUT2D eigenvalue weighted by Crippen LogP contribution is 2.22. The molecule has 1 aromatic heterocycles. The van der Waals surface area contributed by atoms with Gasteiger partial charge in [0, 0.05) is 31.5 Å². The molecule has 0 spiro atoms. The third-order valence-corrected chi connectivity index (χ3v) is 3.25. The molecule has 0 atom stereocenters. The minimum absolute atomic E-state index is 0.0637. The van der Waals surface area contributed by atoms with E-state index in [4.69, 9.17) is 4.74 Å². The topological polar surface area (TPSA) is 51.2 Å². The average molecular weight is 285 g/mol. The smallest absolute Gasteiger partial charge is 0.227 e. The van der Waals surface area contributed by atoms with Crippen LogP contribution >= 0.6 is 15.9 Å². The van der Waals surface area contributed by atoms with E-state index in [1.807, 2.05) is 0 Å². The molecule has 1 aliphatic rings. The first kappa shape index (κ1) is 11.5. The molecule has 0 aromatic carbocycles. The molecule has 2 rings (SSSR count). The molecule has 16 heavy (non-hydrogen) atoms. The zero-order valence-corrected chi connectivity index (χ0v) is 10.4. The van der Waals surface area contributed by atoms with Crippen LogP contribution in [0.3, 0.4) is 0 Å². The Hall–Kier alpha value is -0.940. The fourth-order valence-corrected chi connectivity index (χ4v) is 2.02. The average Bonchev–Trinajstić information content (AvgIpc) is 2.33.